The molecule has 1 rings (SSSR count). The van der Waals surface area contributed by atoms with Crippen molar-refractivity contribution in [3.63, 3.8) is 0 Å². The van der Waals surface area contributed by atoms with Crippen LogP contribution in [0.15, 0.2) is 0 Å². The molecular weight excluding hydrogens is 234 g/mol. The van der Waals surface area contributed by atoms with Crippen LogP contribution in [0.4, 0.5) is 0 Å². The van der Waals surface area contributed by atoms with Gasteiger partial charge < -0.3 is 14.6 Å². The molecule has 0 aliphatic carbocycles. The highest BCUT2D eigenvalue weighted by molar-refractivity contribution is 5.71. The number of carbonyl (C=O) groups is 1. The smallest absolute Gasteiger partial charge is 0.310 e. The molecule has 1 aliphatic rings. The molecule has 0 amide bonds. The SMILES string of the molecule is CCCN(CC(C)COC)C1COCC1C(=O)O. The molecule has 0 spiro atoms. The van der Waals surface area contributed by atoms with E-state index in [2.05, 4.69) is 18.7 Å². The van der Waals surface area contributed by atoms with Gasteiger partial charge in [-0.15, -0.1) is 0 Å². The zero-order chi connectivity index (χ0) is 13.5. The third kappa shape index (κ3) is 4.23. The average Bonchev–Trinajstić information content (AvgIpc) is 2.77. The van der Waals surface area contributed by atoms with Gasteiger partial charge in [0.1, 0.15) is 0 Å². The van der Waals surface area contributed by atoms with E-state index in [1.807, 2.05) is 0 Å². The molecule has 1 heterocycles. The van der Waals surface area contributed by atoms with Crippen molar-refractivity contribution in [3.8, 4) is 0 Å². The monoisotopic (exact) mass is 259 g/mol. The number of rotatable bonds is 8. The summed E-state index contributed by atoms with van der Waals surface area (Å²) < 4.78 is 10.5. The second-order valence-corrected chi connectivity index (χ2v) is 5.10. The van der Waals surface area contributed by atoms with Crippen LogP contribution in [0.1, 0.15) is 20.3 Å². The Kier molecular flexibility index (Phi) is 6.60. The number of carboxylic acids is 1. The predicted octanol–water partition coefficient (Wildman–Crippen LogP) is 1.08. The molecule has 1 fully saturated rings. The van der Waals surface area contributed by atoms with Gasteiger partial charge in [0, 0.05) is 26.3 Å². The second kappa shape index (κ2) is 7.71. The van der Waals surface area contributed by atoms with Gasteiger partial charge >= 0.3 is 5.97 Å². The Morgan fingerprint density at radius 3 is 2.83 bits per heavy atom. The first kappa shape index (κ1) is 15.4. The molecule has 0 saturated carbocycles. The lowest BCUT2D eigenvalue weighted by atomic mass is 10.0. The van der Waals surface area contributed by atoms with Gasteiger partial charge in [0.05, 0.1) is 19.1 Å². The number of aliphatic carboxylic acids is 1. The molecule has 1 saturated heterocycles. The van der Waals surface area contributed by atoms with Crippen LogP contribution in [0.25, 0.3) is 0 Å². The molecular formula is C13H25NO4. The van der Waals surface area contributed by atoms with Crippen LogP contribution < -0.4 is 0 Å². The number of carboxylic acid groups (broad SMARTS) is 1. The Bertz CT molecular complexity index is 259. The van der Waals surface area contributed by atoms with E-state index in [4.69, 9.17) is 9.47 Å². The summed E-state index contributed by atoms with van der Waals surface area (Å²) in [6, 6.07) is 0.00163. The minimum Gasteiger partial charge on any atom is -0.481 e. The standard InChI is InChI=1S/C13H25NO4/c1-4-5-14(6-10(2)7-17-3)12-9-18-8-11(12)13(15)16/h10-12H,4-9H2,1-3H3,(H,15,16). The minimum atomic E-state index is -0.752. The summed E-state index contributed by atoms with van der Waals surface area (Å²) in [4.78, 5) is 13.4. The number of hydrogen-bond donors (Lipinski definition) is 1. The van der Waals surface area contributed by atoms with Gasteiger partial charge in [0.15, 0.2) is 0 Å². The Balaban J connectivity index is 2.62. The molecule has 18 heavy (non-hydrogen) atoms. The fourth-order valence-corrected chi connectivity index (χ4v) is 2.56. The van der Waals surface area contributed by atoms with Gasteiger partial charge in [-0.05, 0) is 18.9 Å². The molecule has 0 aromatic heterocycles. The molecule has 5 heteroatoms. The minimum absolute atomic E-state index is 0.00163. The van der Waals surface area contributed by atoms with E-state index in [1.165, 1.54) is 0 Å². The zero-order valence-electron chi connectivity index (χ0n) is 11.6. The highest BCUT2D eigenvalue weighted by Gasteiger charge is 2.37. The molecule has 3 unspecified atom stereocenters. The van der Waals surface area contributed by atoms with Crippen molar-refractivity contribution >= 4 is 5.97 Å². The van der Waals surface area contributed by atoms with Crippen molar-refractivity contribution in [2.75, 3.05) is 40.0 Å². The maximum atomic E-state index is 11.2. The van der Waals surface area contributed by atoms with E-state index < -0.39 is 11.9 Å². The third-order valence-corrected chi connectivity index (χ3v) is 3.34. The van der Waals surface area contributed by atoms with Crippen LogP contribution in [0, 0.1) is 11.8 Å². The van der Waals surface area contributed by atoms with Crippen molar-refractivity contribution in [2.45, 2.75) is 26.3 Å². The summed E-state index contributed by atoms with van der Waals surface area (Å²) >= 11 is 0. The van der Waals surface area contributed by atoms with E-state index in [0.717, 1.165) is 19.5 Å². The lowest BCUT2D eigenvalue weighted by Gasteiger charge is -2.32. The number of ether oxygens (including phenoxy) is 2. The molecule has 0 aromatic carbocycles. The lowest BCUT2D eigenvalue weighted by molar-refractivity contribution is -0.143. The molecule has 106 valence electrons. The number of hydrogen-bond acceptors (Lipinski definition) is 4. The van der Waals surface area contributed by atoms with Gasteiger partial charge in [0.25, 0.3) is 0 Å². The van der Waals surface area contributed by atoms with Crippen LogP contribution >= 0.6 is 0 Å². The van der Waals surface area contributed by atoms with Gasteiger partial charge in [0.2, 0.25) is 0 Å². The first-order chi connectivity index (χ1) is 8.60. The summed E-state index contributed by atoms with van der Waals surface area (Å²) in [7, 11) is 1.69. The van der Waals surface area contributed by atoms with Crippen molar-refractivity contribution in [1.82, 2.24) is 4.90 Å². The zero-order valence-corrected chi connectivity index (χ0v) is 11.6. The lowest BCUT2D eigenvalue weighted by Crippen LogP contribution is -2.45. The molecule has 0 aromatic rings. The number of nitrogens with zero attached hydrogens (tertiary/aromatic N) is 1. The topological polar surface area (TPSA) is 59.0 Å². The van der Waals surface area contributed by atoms with Crippen molar-refractivity contribution in [2.24, 2.45) is 11.8 Å². The predicted molar refractivity (Wildman–Crippen MR) is 68.6 cm³/mol. The Hall–Kier alpha value is -0.650. The maximum absolute atomic E-state index is 11.2. The first-order valence-corrected chi connectivity index (χ1v) is 6.63. The second-order valence-electron chi connectivity index (χ2n) is 5.10. The largest absolute Gasteiger partial charge is 0.481 e. The summed E-state index contributed by atoms with van der Waals surface area (Å²) in [5.74, 6) is -0.749. The van der Waals surface area contributed by atoms with E-state index in [0.29, 0.717) is 25.7 Å². The number of methoxy groups -OCH3 is 1. The highest BCUT2D eigenvalue weighted by Crippen LogP contribution is 2.21. The molecule has 1 aliphatic heterocycles. The molecule has 1 N–H and O–H groups in total. The van der Waals surface area contributed by atoms with Gasteiger partial charge in [-0.25, -0.2) is 0 Å². The van der Waals surface area contributed by atoms with E-state index >= 15 is 0 Å². The summed E-state index contributed by atoms with van der Waals surface area (Å²) in [6.45, 7) is 7.56. The third-order valence-electron chi connectivity index (χ3n) is 3.34. The summed E-state index contributed by atoms with van der Waals surface area (Å²) in [5, 5.41) is 9.21. The fraction of sp³-hybridized carbons (Fsp3) is 0.923. The normalized spacial score (nSPS) is 25.6. The maximum Gasteiger partial charge on any atom is 0.310 e. The van der Waals surface area contributed by atoms with Crippen LogP contribution in [0.5, 0.6) is 0 Å². The highest BCUT2D eigenvalue weighted by atomic mass is 16.5. The average molecular weight is 259 g/mol. The molecule has 5 nitrogen and oxygen atoms in total. The summed E-state index contributed by atoms with van der Waals surface area (Å²) in [5.41, 5.74) is 0. The van der Waals surface area contributed by atoms with E-state index in [9.17, 15) is 9.90 Å². The molecule has 3 atom stereocenters. The van der Waals surface area contributed by atoms with Crippen LogP contribution in [-0.4, -0.2) is 62.0 Å². The van der Waals surface area contributed by atoms with Crippen LogP contribution in [0.3, 0.4) is 0 Å². The van der Waals surface area contributed by atoms with Crippen molar-refractivity contribution in [3.05, 3.63) is 0 Å². The Morgan fingerprint density at radius 1 is 1.56 bits per heavy atom. The van der Waals surface area contributed by atoms with E-state index in [-0.39, 0.29) is 6.04 Å². The van der Waals surface area contributed by atoms with Crippen molar-refractivity contribution in [1.29, 1.82) is 0 Å². The fourth-order valence-electron chi connectivity index (χ4n) is 2.56. The Morgan fingerprint density at radius 2 is 2.28 bits per heavy atom. The van der Waals surface area contributed by atoms with Gasteiger partial charge in [-0.1, -0.05) is 13.8 Å². The van der Waals surface area contributed by atoms with Crippen LogP contribution in [-0.2, 0) is 14.3 Å². The first-order valence-electron chi connectivity index (χ1n) is 6.63. The molecule has 0 radical (unpaired) electrons. The van der Waals surface area contributed by atoms with Crippen LogP contribution in [0.2, 0.25) is 0 Å². The van der Waals surface area contributed by atoms with Gasteiger partial charge in [-0.3, -0.25) is 9.69 Å². The van der Waals surface area contributed by atoms with Crippen molar-refractivity contribution < 1.29 is 19.4 Å². The quantitative estimate of drug-likeness (QED) is 0.707. The van der Waals surface area contributed by atoms with Gasteiger partial charge in [-0.2, -0.15) is 0 Å². The Labute approximate surface area is 109 Å². The van der Waals surface area contributed by atoms with E-state index in [1.54, 1.807) is 7.11 Å². The molecule has 0 bridgehead atoms. The summed E-state index contributed by atoms with van der Waals surface area (Å²) in [6.07, 6.45) is 1.02.